The van der Waals surface area contributed by atoms with Crippen molar-refractivity contribution >= 4 is 28.6 Å². The predicted octanol–water partition coefficient (Wildman–Crippen LogP) is 5.70. The molecule has 0 radical (unpaired) electrons. The molecule has 0 N–H and O–H groups in total. The summed E-state index contributed by atoms with van der Waals surface area (Å²) in [5, 5.41) is 0.668. The largest absolute Gasteiger partial charge is 0.481 e. The van der Waals surface area contributed by atoms with Crippen LogP contribution in [0.25, 0.3) is 11.0 Å². The van der Waals surface area contributed by atoms with E-state index in [1.165, 1.54) is 6.42 Å². The molecule has 5 nitrogen and oxygen atoms in total. The molecule has 3 aromatic rings. The van der Waals surface area contributed by atoms with E-state index in [4.69, 9.17) is 21.1 Å². The van der Waals surface area contributed by atoms with Gasteiger partial charge in [-0.3, -0.25) is 0 Å². The van der Waals surface area contributed by atoms with Crippen molar-refractivity contribution in [3.05, 3.63) is 59.4 Å². The summed E-state index contributed by atoms with van der Waals surface area (Å²) in [6.45, 7) is 7.20. The van der Waals surface area contributed by atoms with Gasteiger partial charge in [0.15, 0.2) is 24.2 Å². The van der Waals surface area contributed by atoms with E-state index in [0.717, 1.165) is 35.4 Å². The quantitative estimate of drug-likeness (QED) is 0.329. The van der Waals surface area contributed by atoms with E-state index in [1.807, 2.05) is 41.9 Å². The van der Waals surface area contributed by atoms with Gasteiger partial charge in [-0.05, 0) is 67.0 Å². The third-order valence-corrected chi connectivity index (χ3v) is 7.20. The van der Waals surface area contributed by atoms with Gasteiger partial charge in [0.05, 0.1) is 7.05 Å². The van der Waals surface area contributed by atoms with E-state index in [2.05, 4.69) is 31.4 Å². The van der Waals surface area contributed by atoms with E-state index in [1.54, 1.807) is 12.1 Å². The average Bonchev–Trinajstić information content (AvgIpc) is 3.04. The second-order valence-electron chi connectivity index (χ2n) is 9.65. The molecular formula is C27H34ClN2O3+. The molecule has 1 aliphatic carbocycles. The van der Waals surface area contributed by atoms with Gasteiger partial charge in [0.25, 0.3) is 5.82 Å². The Bertz CT molecular complexity index is 1110. The molecule has 0 aliphatic heterocycles. The lowest BCUT2D eigenvalue weighted by molar-refractivity contribution is -0.655. The number of hydrogen-bond acceptors (Lipinski definition) is 3. The highest BCUT2D eigenvalue weighted by molar-refractivity contribution is 6.30. The first-order chi connectivity index (χ1) is 15.8. The normalized spacial score (nSPS) is 20.8. The zero-order chi connectivity index (χ0) is 23.5. The van der Waals surface area contributed by atoms with Crippen LogP contribution >= 0.6 is 11.6 Å². The maximum absolute atomic E-state index is 13.2. The van der Waals surface area contributed by atoms with Crippen LogP contribution in [0.15, 0.2) is 48.5 Å². The molecule has 2 aromatic carbocycles. The monoisotopic (exact) mass is 469 g/mol. The molecule has 1 heterocycles. The van der Waals surface area contributed by atoms with Crippen LogP contribution in [-0.2, 0) is 29.7 Å². The van der Waals surface area contributed by atoms with Crippen molar-refractivity contribution in [2.75, 3.05) is 0 Å². The molecule has 1 saturated carbocycles. The molecule has 1 aromatic heterocycles. The van der Waals surface area contributed by atoms with E-state index in [-0.39, 0.29) is 18.6 Å². The van der Waals surface area contributed by atoms with Crippen LogP contribution in [0, 0.1) is 17.8 Å². The first-order valence-corrected chi connectivity index (χ1v) is 12.2. The van der Waals surface area contributed by atoms with Crippen molar-refractivity contribution in [1.82, 2.24) is 4.57 Å². The summed E-state index contributed by atoms with van der Waals surface area (Å²) in [7, 11) is 2.00. The molecule has 4 rings (SSSR count). The average molecular weight is 470 g/mol. The highest BCUT2D eigenvalue weighted by atomic mass is 35.5. The van der Waals surface area contributed by atoms with Gasteiger partial charge in [-0.25, -0.2) is 13.9 Å². The molecule has 33 heavy (non-hydrogen) atoms. The molecule has 0 saturated heterocycles. The highest BCUT2D eigenvalue weighted by Crippen LogP contribution is 2.35. The SMILES string of the molecule is CC(C)[C@H]1CC[C@H](C)C[C@H]1OC(=O)Cn1c(COc2ccc(Cl)cc2)[n+](C)c2ccccc21. The van der Waals surface area contributed by atoms with Gasteiger partial charge in [0.2, 0.25) is 0 Å². The second-order valence-corrected chi connectivity index (χ2v) is 10.1. The fourth-order valence-electron chi connectivity index (χ4n) is 5.05. The minimum atomic E-state index is -0.186. The van der Waals surface area contributed by atoms with Crippen molar-refractivity contribution in [3.63, 3.8) is 0 Å². The van der Waals surface area contributed by atoms with Crippen molar-refractivity contribution in [1.29, 1.82) is 0 Å². The van der Waals surface area contributed by atoms with Crippen LogP contribution in [0.5, 0.6) is 5.75 Å². The summed E-state index contributed by atoms with van der Waals surface area (Å²) in [6.07, 6.45) is 3.27. The Hall–Kier alpha value is -2.53. The van der Waals surface area contributed by atoms with Gasteiger partial charge in [0, 0.05) is 5.02 Å². The second kappa shape index (κ2) is 10.2. The lowest BCUT2D eigenvalue weighted by atomic mass is 9.75. The van der Waals surface area contributed by atoms with E-state index in [0.29, 0.717) is 29.4 Å². The number of imidazole rings is 1. The fourth-order valence-corrected chi connectivity index (χ4v) is 5.18. The molecule has 0 bridgehead atoms. The summed E-state index contributed by atoms with van der Waals surface area (Å²) in [4.78, 5) is 13.2. The lowest BCUT2D eigenvalue weighted by Crippen LogP contribution is -2.37. The zero-order valence-electron chi connectivity index (χ0n) is 20.0. The Morgan fingerprint density at radius 3 is 2.61 bits per heavy atom. The van der Waals surface area contributed by atoms with Crippen molar-refractivity contribution in [3.8, 4) is 5.75 Å². The first-order valence-electron chi connectivity index (χ1n) is 11.9. The van der Waals surface area contributed by atoms with Crippen LogP contribution in [0.4, 0.5) is 0 Å². The Labute approximate surface area is 201 Å². The van der Waals surface area contributed by atoms with Gasteiger partial charge >= 0.3 is 5.97 Å². The number of carbonyl (C=O) groups is 1. The van der Waals surface area contributed by atoms with Crippen LogP contribution in [0.1, 0.15) is 45.9 Å². The molecule has 0 spiro atoms. The lowest BCUT2D eigenvalue weighted by Gasteiger charge is -2.36. The first kappa shape index (κ1) is 23.6. The van der Waals surface area contributed by atoms with E-state index in [9.17, 15) is 4.79 Å². The number of hydrogen-bond donors (Lipinski definition) is 0. The number of nitrogens with zero attached hydrogens (tertiary/aromatic N) is 2. The summed E-state index contributed by atoms with van der Waals surface area (Å²) in [5.41, 5.74) is 2.04. The summed E-state index contributed by atoms with van der Waals surface area (Å²) in [5.74, 6) is 2.97. The molecule has 1 fully saturated rings. The maximum Gasteiger partial charge on any atom is 0.348 e. The molecule has 3 atom stereocenters. The van der Waals surface area contributed by atoms with Crippen molar-refractivity contribution in [2.45, 2.75) is 59.3 Å². The molecule has 0 amide bonds. The Morgan fingerprint density at radius 1 is 1.15 bits per heavy atom. The molecule has 6 heteroatoms. The number of aromatic nitrogens is 2. The number of rotatable bonds is 7. The minimum Gasteiger partial charge on any atom is -0.481 e. The molecule has 1 aliphatic rings. The highest BCUT2D eigenvalue weighted by Gasteiger charge is 2.34. The molecule has 176 valence electrons. The van der Waals surface area contributed by atoms with E-state index >= 15 is 0 Å². The van der Waals surface area contributed by atoms with Crippen LogP contribution in [-0.4, -0.2) is 16.6 Å². The number of halogens is 1. The van der Waals surface area contributed by atoms with Gasteiger partial charge in [-0.2, -0.15) is 0 Å². The van der Waals surface area contributed by atoms with E-state index < -0.39 is 0 Å². The number of esters is 1. The molecular weight excluding hydrogens is 436 g/mol. The van der Waals surface area contributed by atoms with Crippen molar-refractivity contribution < 1.29 is 18.8 Å². The number of aryl methyl sites for hydroxylation is 1. The zero-order valence-corrected chi connectivity index (χ0v) is 20.7. The fraction of sp³-hybridized carbons (Fsp3) is 0.481. The van der Waals surface area contributed by atoms with Gasteiger partial charge in [0.1, 0.15) is 11.9 Å². The number of fused-ring (bicyclic) bond motifs is 1. The number of ether oxygens (including phenoxy) is 2. The topological polar surface area (TPSA) is 44.3 Å². The Balaban J connectivity index is 1.56. The molecule has 0 unspecified atom stereocenters. The summed E-state index contributed by atoms with van der Waals surface area (Å²) in [6, 6.07) is 15.4. The van der Waals surface area contributed by atoms with Gasteiger partial charge in [-0.1, -0.05) is 50.9 Å². The van der Waals surface area contributed by atoms with Crippen LogP contribution < -0.4 is 9.30 Å². The van der Waals surface area contributed by atoms with Gasteiger partial charge in [-0.15, -0.1) is 0 Å². The predicted molar refractivity (Wildman–Crippen MR) is 130 cm³/mol. The van der Waals surface area contributed by atoms with Crippen LogP contribution in [0.2, 0.25) is 5.02 Å². The Kier molecular flexibility index (Phi) is 7.28. The standard InChI is InChI=1S/C27H34ClN2O3/c1-18(2)22-14-9-19(3)15-25(22)33-27(31)16-30-24-8-6-5-7-23(24)29(4)26(30)17-32-21-12-10-20(28)11-13-21/h5-8,10-13,18-19,22,25H,9,14-17H2,1-4H3/q+1/t19-,22+,25+/m0/s1. The maximum atomic E-state index is 13.2. The smallest absolute Gasteiger partial charge is 0.348 e. The van der Waals surface area contributed by atoms with Crippen LogP contribution in [0.3, 0.4) is 0 Å². The minimum absolute atomic E-state index is 0.00871. The van der Waals surface area contributed by atoms with Gasteiger partial charge < -0.3 is 9.47 Å². The summed E-state index contributed by atoms with van der Waals surface area (Å²) >= 11 is 5.99. The Morgan fingerprint density at radius 2 is 1.88 bits per heavy atom. The number of carbonyl (C=O) groups excluding carboxylic acids is 1. The number of para-hydroxylation sites is 2. The third kappa shape index (κ3) is 5.35. The number of benzene rings is 2. The summed E-state index contributed by atoms with van der Waals surface area (Å²) < 4.78 is 16.2. The van der Waals surface area contributed by atoms with Crippen molar-refractivity contribution in [2.24, 2.45) is 24.8 Å². The third-order valence-electron chi connectivity index (χ3n) is 6.95.